The molecule has 1 saturated heterocycles. The fraction of sp³-hybridized carbons (Fsp3) is 0.300. The number of hydrogen-bond donors (Lipinski definition) is 0. The van der Waals surface area contributed by atoms with Crippen molar-refractivity contribution in [3.63, 3.8) is 0 Å². The SMILES string of the molecule is Cc1cccc(-c2ncc(-c3cnn(CC(=O)N4CCOCC4)c3)cn2)c1. The molecule has 0 saturated carbocycles. The predicted octanol–water partition coefficient (Wildman–Crippen LogP) is 2.17. The first-order valence-corrected chi connectivity index (χ1v) is 8.96. The number of carbonyl (C=O) groups excluding carboxylic acids is 1. The average Bonchev–Trinajstić information content (AvgIpc) is 3.17. The molecule has 1 amide bonds. The summed E-state index contributed by atoms with van der Waals surface area (Å²) in [6, 6.07) is 8.10. The van der Waals surface area contributed by atoms with Crippen molar-refractivity contribution in [2.75, 3.05) is 26.3 Å². The molecule has 7 nitrogen and oxygen atoms in total. The number of nitrogens with zero attached hydrogens (tertiary/aromatic N) is 5. The quantitative estimate of drug-likeness (QED) is 0.710. The third-order valence-electron chi connectivity index (χ3n) is 4.56. The van der Waals surface area contributed by atoms with Gasteiger partial charge in [-0.25, -0.2) is 9.97 Å². The molecule has 3 aromatic rings. The monoisotopic (exact) mass is 363 g/mol. The molecule has 0 atom stereocenters. The lowest BCUT2D eigenvalue weighted by Gasteiger charge is -2.26. The number of morpholine rings is 1. The maximum Gasteiger partial charge on any atom is 0.244 e. The summed E-state index contributed by atoms with van der Waals surface area (Å²) in [5.74, 6) is 0.747. The van der Waals surface area contributed by atoms with Crippen LogP contribution in [0.3, 0.4) is 0 Å². The smallest absolute Gasteiger partial charge is 0.244 e. The van der Waals surface area contributed by atoms with Crippen molar-refractivity contribution in [2.45, 2.75) is 13.5 Å². The van der Waals surface area contributed by atoms with Crippen molar-refractivity contribution in [3.05, 3.63) is 54.6 Å². The summed E-state index contributed by atoms with van der Waals surface area (Å²) in [6.07, 6.45) is 7.16. The van der Waals surface area contributed by atoms with Crippen molar-refractivity contribution in [1.82, 2.24) is 24.6 Å². The fourth-order valence-corrected chi connectivity index (χ4v) is 3.06. The van der Waals surface area contributed by atoms with Gasteiger partial charge in [-0.3, -0.25) is 9.48 Å². The van der Waals surface area contributed by atoms with Crippen LogP contribution in [0.25, 0.3) is 22.5 Å². The first-order chi connectivity index (χ1) is 13.2. The fourth-order valence-electron chi connectivity index (χ4n) is 3.06. The number of ether oxygens (including phenoxy) is 1. The number of rotatable bonds is 4. The highest BCUT2D eigenvalue weighted by Crippen LogP contribution is 2.20. The molecule has 1 aromatic carbocycles. The van der Waals surface area contributed by atoms with E-state index in [1.54, 1.807) is 23.3 Å². The lowest BCUT2D eigenvalue weighted by Crippen LogP contribution is -2.42. The minimum absolute atomic E-state index is 0.0546. The van der Waals surface area contributed by atoms with Gasteiger partial charge in [0.1, 0.15) is 6.54 Å². The van der Waals surface area contributed by atoms with E-state index in [4.69, 9.17) is 4.74 Å². The highest BCUT2D eigenvalue weighted by molar-refractivity contribution is 5.76. The molecule has 27 heavy (non-hydrogen) atoms. The Morgan fingerprint density at radius 2 is 1.85 bits per heavy atom. The van der Waals surface area contributed by atoms with E-state index in [0.717, 1.165) is 16.7 Å². The van der Waals surface area contributed by atoms with Crippen LogP contribution in [0.5, 0.6) is 0 Å². The van der Waals surface area contributed by atoms with Crippen LogP contribution in [-0.4, -0.2) is 56.9 Å². The lowest BCUT2D eigenvalue weighted by atomic mass is 10.1. The largest absolute Gasteiger partial charge is 0.378 e. The van der Waals surface area contributed by atoms with Crippen LogP contribution in [0.1, 0.15) is 5.56 Å². The number of benzene rings is 1. The van der Waals surface area contributed by atoms with Crippen LogP contribution in [0.15, 0.2) is 49.1 Å². The van der Waals surface area contributed by atoms with E-state index in [0.29, 0.717) is 32.1 Å². The second kappa shape index (κ2) is 7.67. The first-order valence-electron chi connectivity index (χ1n) is 8.96. The van der Waals surface area contributed by atoms with Gasteiger partial charge in [-0.05, 0) is 13.0 Å². The Kier molecular flexibility index (Phi) is 4.93. The summed E-state index contributed by atoms with van der Waals surface area (Å²) in [6.45, 7) is 4.75. The van der Waals surface area contributed by atoms with E-state index in [9.17, 15) is 4.79 Å². The zero-order valence-electron chi connectivity index (χ0n) is 15.2. The number of carbonyl (C=O) groups is 1. The Morgan fingerprint density at radius 3 is 2.59 bits per heavy atom. The number of amides is 1. The second-order valence-electron chi connectivity index (χ2n) is 6.58. The summed E-state index contributed by atoms with van der Waals surface area (Å²) >= 11 is 0. The maximum absolute atomic E-state index is 12.3. The van der Waals surface area contributed by atoms with E-state index >= 15 is 0 Å². The van der Waals surface area contributed by atoms with E-state index in [-0.39, 0.29) is 12.5 Å². The van der Waals surface area contributed by atoms with Crippen molar-refractivity contribution in [3.8, 4) is 22.5 Å². The van der Waals surface area contributed by atoms with Crippen molar-refractivity contribution in [1.29, 1.82) is 0 Å². The van der Waals surface area contributed by atoms with Crippen LogP contribution < -0.4 is 0 Å². The van der Waals surface area contributed by atoms with Gasteiger partial charge in [0, 0.05) is 48.4 Å². The summed E-state index contributed by atoms with van der Waals surface area (Å²) in [5.41, 5.74) is 3.93. The number of aromatic nitrogens is 4. The zero-order chi connectivity index (χ0) is 18.6. The van der Waals surface area contributed by atoms with E-state index in [1.807, 2.05) is 36.2 Å². The summed E-state index contributed by atoms with van der Waals surface area (Å²) in [7, 11) is 0. The molecule has 4 rings (SSSR count). The van der Waals surface area contributed by atoms with Crippen LogP contribution in [-0.2, 0) is 16.1 Å². The number of hydrogen-bond acceptors (Lipinski definition) is 5. The van der Waals surface area contributed by atoms with E-state index in [2.05, 4.69) is 21.1 Å². The molecule has 0 radical (unpaired) electrons. The van der Waals surface area contributed by atoms with Crippen molar-refractivity contribution in [2.24, 2.45) is 0 Å². The normalized spacial score (nSPS) is 14.3. The maximum atomic E-state index is 12.3. The standard InChI is InChI=1S/C20H21N5O2/c1-15-3-2-4-16(9-15)20-21-10-17(11-22-20)18-12-23-25(13-18)14-19(26)24-5-7-27-8-6-24/h2-4,9-13H,5-8,14H2,1H3. The molecule has 3 heterocycles. The molecule has 7 heteroatoms. The molecule has 1 aliphatic rings. The van der Waals surface area contributed by atoms with E-state index in [1.165, 1.54) is 5.56 Å². The average molecular weight is 363 g/mol. The predicted molar refractivity (Wildman–Crippen MR) is 101 cm³/mol. The summed E-state index contributed by atoms with van der Waals surface area (Å²) in [5, 5.41) is 4.30. The first kappa shape index (κ1) is 17.4. The van der Waals surface area contributed by atoms with Gasteiger partial charge in [0.05, 0.1) is 19.4 Å². The molecule has 1 fully saturated rings. The molecule has 0 aliphatic carbocycles. The number of aryl methyl sites for hydroxylation is 1. The summed E-state index contributed by atoms with van der Waals surface area (Å²) < 4.78 is 6.93. The Balaban J connectivity index is 1.45. The third-order valence-corrected chi connectivity index (χ3v) is 4.56. The molecule has 138 valence electrons. The summed E-state index contributed by atoms with van der Waals surface area (Å²) in [4.78, 5) is 23.1. The second-order valence-corrected chi connectivity index (χ2v) is 6.58. The Hall–Kier alpha value is -3.06. The molecule has 0 N–H and O–H groups in total. The van der Waals surface area contributed by atoms with Crippen LogP contribution >= 0.6 is 0 Å². The van der Waals surface area contributed by atoms with Gasteiger partial charge >= 0.3 is 0 Å². The Bertz CT molecular complexity index is 930. The zero-order valence-corrected chi connectivity index (χ0v) is 15.2. The molecule has 0 bridgehead atoms. The molecule has 1 aliphatic heterocycles. The molecular weight excluding hydrogens is 342 g/mol. The Morgan fingerprint density at radius 1 is 1.07 bits per heavy atom. The van der Waals surface area contributed by atoms with E-state index < -0.39 is 0 Å². The molecule has 2 aromatic heterocycles. The molecule has 0 unspecified atom stereocenters. The van der Waals surface area contributed by atoms with Gasteiger partial charge < -0.3 is 9.64 Å². The van der Waals surface area contributed by atoms with Gasteiger partial charge in [-0.15, -0.1) is 0 Å². The molecule has 0 spiro atoms. The molecular formula is C20H21N5O2. The Labute approximate surface area is 157 Å². The van der Waals surface area contributed by atoms with Gasteiger partial charge in [-0.2, -0.15) is 5.10 Å². The minimum atomic E-state index is 0.0546. The van der Waals surface area contributed by atoms with Gasteiger partial charge in [0.15, 0.2) is 5.82 Å². The van der Waals surface area contributed by atoms with Gasteiger partial charge in [-0.1, -0.05) is 23.8 Å². The third kappa shape index (κ3) is 4.03. The highest BCUT2D eigenvalue weighted by atomic mass is 16.5. The topological polar surface area (TPSA) is 73.1 Å². The highest BCUT2D eigenvalue weighted by Gasteiger charge is 2.17. The van der Waals surface area contributed by atoms with Crippen LogP contribution in [0.2, 0.25) is 0 Å². The van der Waals surface area contributed by atoms with Crippen molar-refractivity contribution < 1.29 is 9.53 Å². The van der Waals surface area contributed by atoms with Gasteiger partial charge in [0.25, 0.3) is 0 Å². The minimum Gasteiger partial charge on any atom is -0.378 e. The van der Waals surface area contributed by atoms with Crippen LogP contribution in [0, 0.1) is 6.92 Å². The van der Waals surface area contributed by atoms with Crippen molar-refractivity contribution >= 4 is 5.91 Å². The van der Waals surface area contributed by atoms with Gasteiger partial charge in [0.2, 0.25) is 5.91 Å². The lowest BCUT2D eigenvalue weighted by molar-refractivity contribution is -0.136. The van der Waals surface area contributed by atoms with Crippen LogP contribution in [0.4, 0.5) is 0 Å².